The van der Waals surface area contributed by atoms with E-state index in [9.17, 15) is 9.59 Å². The van der Waals surface area contributed by atoms with Crippen LogP contribution in [0.3, 0.4) is 0 Å². The van der Waals surface area contributed by atoms with Gasteiger partial charge in [-0.15, -0.1) is 11.8 Å². The Morgan fingerprint density at radius 2 is 1.67 bits per heavy atom. The third-order valence-corrected chi connectivity index (χ3v) is 6.59. The summed E-state index contributed by atoms with van der Waals surface area (Å²) in [6.07, 6.45) is 4.25. The largest absolute Gasteiger partial charge is 0.294 e. The van der Waals surface area contributed by atoms with E-state index in [0.717, 1.165) is 46.5 Å². The molecular weight excluding hydrogens is 354 g/mol. The number of hydrogen-bond acceptors (Lipinski definition) is 4. The van der Waals surface area contributed by atoms with E-state index >= 15 is 0 Å². The molecule has 0 saturated carbocycles. The number of Topliss-reactive ketones (excluding diaryl/α,β-unsaturated/α-hetero) is 2. The molecule has 0 fully saturated rings. The molecule has 0 aromatic heterocycles. The first-order valence-electron chi connectivity index (χ1n) is 9.31. The summed E-state index contributed by atoms with van der Waals surface area (Å²) >= 11 is 1.69. The summed E-state index contributed by atoms with van der Waals surface area (Å²) in [5, 5.41) is 0. The number of rotatable bonds is 2. The van der Waals surface area contributed by atoms with E-state index in [2.05, 4.69) is 24.3 Å². The highest BCUT2D eigenvalue weighted by molar-refractivity contribution is 7.98. The van der Waals surface area contributed by atoms with Crippen molar-refractivity contribution < 1.29 is 9.59 Å². The monoisotopic (exact) mass is 373 g/mol. The van der Waals surface area contributed by atoms with Gasteiger partial charge < -0.3 is 0 Å². The van der Waals surface area contributed by atoms with Crippen molar-refractivity contribution in [2.75, 3.05) is 6.26 Å². The van der Waals surface area contributed by atoms with Gasteiger partial charge in [0.2, 0.25) is 0 Å². The predicted molar refractivity (Wildman–Crippen MR) is 108 cm³/mol. The summed E-state index contributed by atoms with van der Waals surface area (Å²) in [4.78, 5) is 32.2. The second-order valence-corrected chi connectivity index (χ2v) is 8.15. The molecule has 0 amide bonds. The molecule has 2 aromatic carbocycles. The Labute approximate surface area is 162 Å². The maximum atomic E-state index is 13.3. The van der Waals surface area contributed by atoms with Gasteiger partial charge in [-0.1, -0.05) is 36.4 Å². The van der Waals surface area contributed by atoms with Crippen molar-refractivity contribution in [3.8, 4) is 0 Å². The van der Waals surface area contributed by atoms with Gasteiger partial charge in [-0.3, -0.25) is 14.6 Å². The Hall–Kier alpha value is -2.46. The van der Waals surface area contributed by atoms with Gasteiger partial charge in [0.05, 0.1) is 11.6 Å². The smallest absolute Gasteiger partial charge is 0.173 e. The number of fused-ring (bicyclic) bond motifs is 3. The van der Waals surface area contributed by atoms with Gasteiger partial charge >= 0.3 is 0 Å². The van der Waals surface area contributed by atoms with Crippen molar-refractivity contribution in [1.29, 1.82) is 0 Å². The Morgan fingerprint density at radius 3 is 2.41 bits per heavy atom. The van der Waals surface area contributed by atoms with Gasteiger partial charge in [0.1, 0.15) is 0 Å². The summed E-state index contributed by atoms with van der Waals surface area (Å²) in [5.41, 5.74) is 5.22. The topological polar surface area (TPSA) is 46.5 Å². The summed E-state index contributed by atoms with van der Waals surface area (Å²) in [5.74, 6) is -0.366. The second kappa shape index (κ2) is 6.31. The summed E-state index contributed by atoms with van der Waals surface area (Å²) in [6, 6.07) is 16.0. The van der Waals surface area contributed by atoms with Crippen molar-refractivity contribution in [3.05, 3.63) is 76.5 Å². The maximum Gasteiger partial charge on any atom is 0.173 e. The number of ketones is 2. The minimum Gasteiger partial charge on any atom is -0.294 e. The van der Waals surface area contributed by atoms with Gasteiger partial charge in [0.25, 0.3) is 0 Å². The van der Waals surface area contributed by atoms with Gasteiger partial charge in [-0.2, -0.15) is 0 Å². The van der Waals surface area contributed by atoms with Crippen molar-refractivity contribution in [2.24, 2.45) is 10.9 Å². The quantitative estimate of drug-likeness (QED) is 0.710. The lowest BCUT2D eigenvalue weighted by Gasteiger charge is -2.33. The third kappa shape index (κ3) is 2.47. The van der Waals surface area contributed by atoms with Crippen LogP contribution < -0.4 is 0 Å². The minimum absolute atomic E-state index is 0.0909. The number of nitrogens with zero attached hydrogens (tertiary/aromatic N) is 1. The molecule has 3 nitrogen and oxygen atoms in total. The fourth-order valence-corrected chi connectivity index (χ4v) is 5.03. The van der Waals surface area contributed by atoms with E-state index in [0.29, 0.717) is 6.42 Å². The Kier molecular flexibility index (Phi) is 3.90. The minimum atomic E-state index is -0.386. The number of thioether (sulfide) groups is 1. The lowest BCUT2D eigenvalue weighted by molar-refractivity contribution is -0.116. The number of aliphatic imine (C=N–C) groups is 1. The molecule has 134 valence electrons. The number of carbonyl (C=O) groups is 2. The zero-order valence-corrected chi connectivity index (χ0v) is 15.9. The fourth-order valence-electron chi connectivity index (χ4n) is 4.62. The van der Waals surface area contributed by atoms with E-state index < -0.39 is 0 Å². The van der Waals surface area contributed by atoms with Gasteiger partial charge in [-0.25, -0.2) is 0 Å². The molecule has 5 rings (SSSR count). The van der Waals surface area contributed by atoms with Crippen LogP contribution in [0.5, 0.6) is 0 Å². The Balaban J connectivity index is 1.73. The molecule has 0 N–H and O–H groups in total. The molecule has 1 aliphatic heterocycles. The first kappa shape index (κ1) is 16.7. The van der Waals surface area contributed by atoms with Crippen LogP contribution in [0.2, 0.25) is 0 Å². The van der Waals surface area contributed by atoms with E-state index in [4.69, 9.17) is 4.99 Å². The number of benzene rings is 2. The van der Waals surface area contributed by atoms with Crippen LogP contribution in [-0.4, -0.2) is 23.5 Å². The van der Waals surface area contributed by atoms with Crippen molar-refractivity contribution in [2.45, 2.75) is 30.1 Å². The van der Waals surface area contributed by atoms with Gasteiger partial charge in [-0.05, 0) is 36.8 Å². The van der Waals surface area contributed by atoms with Gasteiger partial charge in [0.15, 0.2) is 11.6 Å². The van der Waals surface area contributed by atoms with Crippen LogP contribution in [0, 0.1) is 5.92 Å². The second-order valence-electron chi connectivity index (χ2n) is 7.27. The average Bonchev–Trinajstić information content (AvgIpc) is 2.99. The van der Waals surface area contributed by atoms with Crippen molar-refractivity contribution >= 4 is 29.0 Å². The van der Waals surface area contributed by atoms with Crippen LogP contribution in [0.4, 0.5) is 0 Å². The Bertz CT molecular complexity index is 1030. The standard InChI is InChI=1S/C23H19NO2S/c1-27-14-11-9-13(10-12-14)19-20-17(7-4-8-18(20)25)24-22-15-5-2-3-6-16(15)23(26)21(19)22/h2-3,5-6,9-12,19,21H,4,7-8H2,1H3/t19-,21+/m1/s1. The van der Waals surface area contributed by atoms with Crippen LogP contribution in [0.15, 0.2) is 69.7 Å². The summed E-state index contributed by atoms with van der Waals surface area (Å²) in [6.45, 7) is 0. The van der Waals surface area contributed by atoms with Crippen LogP contribution in [0.1, 0.15) is 46.7 Å². The summed E-state index contributed by atoms with van der Waals surface area (Å²) in [7, 11) is 0. The average molecular weight is 373 g/mol. The van der Waals surface area contributed by atoms with Gasteiger partial charge in [0, 0.05) is 39.6 Å². The highest BCUT2D eigenvalue weighted by atomic mass is 32.2. The zero-order chi connectivity index (χ0) is 18.5. The molecule has 2 aromatic rings. The molecule has 4 heteroatoms. The van der Waals surface area contributed by atoms with Crippen LogP contribution >= 0.6 is 11.8 Å². The highest BCUT2D eigenvalue weighted by Crippen LogP contribution is 2.48. The molecular formula is C23H19NO2S. The number of hydrogen-bond donors (Lipinski definition) is 0. The number of allylic oxidation sites excluding steroid dienone is 2. The molecule has 1 heterocycles. The highest BCUT2D eigenvalue weighted by Gasteiger charge is 2.48. The van der Waals surface area contributed by atoms with Crippen LogP contribution in [-0.2, 0) is 4.79 Å². The van der Waals surface area contributed by atoms with E-state index in [1.165, 1.54) is 4.90 Å². The molecule has 0 spiro atoms. The lowest BCUT2D eigenvalue weighted by atomic mass is 9.71. The van der Waals surface area contributed by atoms with E-state index in [1.54, 1.807) is 11.8 Å². The lowest BCUT2D eigenvalue weighted by Crippen LogP contribution is -2.33. The molecule has 0 unspecified atom stereocenters. The first-order valence-corrected chi connectivity index (χ1v) is 10.5. The van der Waals surface area contributed by atoms with Crippen LogP contribution in [0.25, 0.3) is 0 Å². The molecule has 0 radical (unpaired) electrons. The SMILES string of the molecule is CSc1ccc([C@@H]2C3=C(CCCC3=O)N=C3c4ccccc4C(=O)[C@H]32)cc1. The predicted octanol–water partition coefficient (Wildman–Crippen LogP) is 4.81. The Morgan fingerprint density at radius 1 is 0.926 bits per heavy atom. The van der Waals surface area contributed by atoms with Crippen molar-refractivity contribution in [1.82, 2.24) is 0 Å². The first-order chi connectivity index (χ1) is 13.2. The fraction of sp³-hybridized carbons (Fsp3) is 0.261. The molecule has 3 aliphatic rings. The van der Waals surface area contributed by atoms with Crippen molar-refractivity contribution in [3.63, 3.8) is 0 Å². The molecule has 2 aliphatic carbocycles. The molecule has 0 saturated heterocycles. The molecule has 2 atom stereocenters. The summed E-state index contributed by atoms with van der Waals surface area (Å²) < 4.78 is 0. The maximum absolute atomic E-state index is 13.3. The zero-order valence-electron chi connectivity index (χ0n) is 15.1. The molecule has 27 heavy (non-hydrogen) atoms. The van der Waals surface area contributed by atoms with E-state index in [1.807, 2.05) is 30.5 Å². The number of carbonyl (C=O) groups excluding carboxylic acids is 2. The van der Waals surface area contributed by atoms with E-state index in [-0.39, 0.29) is 23.4 Å². The third-order valence-electron chi connectivity index (χ3n) is 5.85. The molecule has 0 bridgehead atoms. The normalized spacial score (nSPS) is 23.7.